The van der Waals surface area contributed by atoms with Crippen LogP contribution in [-0.2, 0) is 23.9 Å². The van der Waals surface area contributed by atoms with Gasteiger partial charge in [0, 0.05) is 26.1 Å². The molecule has 23 heavy (non-hydrogen) atoms. The van der Waals surface area contributed by atoms with Crippen molar-refractivity contribution in [2.24, 2.45) is 5.92 Å². The molecule has 1 saturated heterocycles. The molecule has 2 fully saturated rings. The lowest BCUT2D eigenvalue weighted by molar-refractivity contribution is -0.161. The summed E-state index contributed by atoms with van der Waals surface area (Å²) in [5, 5.41) is 0. The molecule has 0 unspecified atom stereocenters. The van der Waals surface area contributed by atoms with Crippen LogP contribution in [0.1, 0.15) is 32.1 Å². The van der Waals surface area contributed by atoms with Gasteiger partial charge < -0.3 is 19.3 Å². The maximum absolute atomic E-state index is 12.8. The zero-order valence-electron chi connectivity index (χ0n) is 14.0. The van der Waals surface area contributed by atoms with E-state index in [2.05, 4.69) is 0 Å². The largest absolute Gasteiger partial charge is 0.467 e. The van der Waals surface area contributed by atoms with Crippen molar-refractivity contribution in [1.82, 2.24) is 9.80 Å². The second kappa shape index (κ2) is 8.29. The highest BCUT2D eigenvalue weighted by Gasteiger charge is 2.39. The van der Waals surface area contributed by atoms with Crippen molar-refractivity contribution in [3.8, 4) is 0 Å². The molecule has 2 rings (SSSR count). The molecular formula is C16H26N2O5. The fourth-order valence-corrected chi connectivity index (χ4v) is 3.41. The van der Waals surface area contributed by atoms with E-state index in [0.29, 0.717) is 13.1 Å². The Labute approximate surface area is 136 Å². The van der Waals surface area contributed by atoms with Crippen molar-refractivity contribution in [2.75, 3.05) is 40.5 Å². The van der Waals surface area contributed by atoms with Crippen molar-refractivity contribution in [3.63, 3.8) is 0 Å². The number of nitrogens with zero attached hydrogens (tertiary/aromatic N) is 2. The first kappa shape index (κ1) is 17.7. The molecule has 0 spiro atoms. The molecule has 0 bridgehead atoms. The zero-order valence-corrected chi connectivity index (χ0v) is 14.0. The van der Waals surface area contributed by atoms with Crippen LogP contribution in [0, 0.1) is 5.92 Å². The van der Waals surface area contributed by atoms with Gasteiger partial charge in [-0.2, -0.15) is 0 Å². The minimum atomic E-state index is -0.719. The molecule has 1 atom stereocenters. The SMILES string of the molecule is COCC(=O)N1CCN(C(=O)C2CCCCC2)[C@@H](C(=O)OC)C1. The van der Waals surface area contributed by atoms with Crippen LogP contribution in [0.5, 0.6) is 0 Å². The Hall–Kier alpha value is -1.63. The predicted octanol–water partition coefficient (Wildman–Crippen LogP) is 0.426. The van der Waals surface area contributed by atoms with Gasteiger partial charge in [0.15, 0.2) is 0 Å². The minimum Gasteiger partial charge on any atom is -0.467 e. The summed E-state index contributed by atoms with van der Waals surface area (Å²) in [7, 11) is 2.76. The quantitative estimate of drug-likeness (QED) is 0.700. The second-order valence-corrected chi connectivity index (χ2v) is 6.18. The number of methoxy groups -OCH3 is 2. The van der Waals surface area contributed by atoms with Crippen LogP contribution in [0.15, 0.2) is 0 Å². The van der Waals surface area contributed by atoms with E-state index < -0.39 is 12.0 Å². The molecular weight excluding hydrogens is 300 g/mol. The number of hydrogen-bond acceptors (Lipinski definition) is 5. The van der Waals surface area contributed by atoms with Crippen LogP contribution in [0.25, 0.3) is 0 Å². The Bertz CT molecular complexity index is 448. The van der Waals surface area contributed by atoms with Gasteiger partial charge in [0.1, 0.15) is 12.6 Å². The smallest absolute Gasteiger partial charge is 0.330 e. The van der Waals surface area contributed by atoms with Gasteiger partial charge in [-0.1, -0.05) is 19.3 Å². The molecule has 1 saturated carbocycles. The van der Waals surface area contributed by atoms with Gasteiger partial charge in [-0.3, -0.25) is 9.59 Å². The fraction of sp³-hybridized carbons (Fsp3) is 0.812. The van der Waals surface area contributed by atoms with Crippen LogP contribution < -0.4 is 0 Å². The second-order valence-electron chi connectivity index (χ2n) is 6.18. The van der Waals surface area contributed by atoms with Gasteiger partial charge in [-0.25, -0.2) is 4.79 Å². The summed E-state index contributed by atoms with van der Waals surface area (Å²) >= 11 is 0. The van der Waals surface area contributed by atoms with Gasteiger partial charge in [-0.15, -0.1) is 0 Å². The zero-order chi connectivity index (χ0) is 16.8. The lowest BCUT2D eigenvalue weighted by Gasteiger charge is -2.41. The Balaban J connectivity index is 2.07. The summed E-state index contributed by atoms with van der Waals surface area (Å²) in [5.41, 5.74) is 0. The number of rotatable bonds is 4. The fourth-order valence-electron chi connectivity index (χ4n) is 3.41. The number of piperazine rings is 1. The van der Waals surface area contributed by atoms with Gasteiger partial charge in [0.25, 0.3) is 0 Å². The predicted molar refractivity (Wildman–Crippen MR) is 82.5 cm³/mol. The highest BCUT2D eigenvalue weighted by atomic mass is 16.5. The molecule has 130 valence electrons. The summed E-state index contributed by atoms with van der Waals surface area (Å²) in [6.45, 7) is 0.941. The molecule has 0 N–H and O–H groups in total. The normalized spacial score (nSPS) is 22.8. The standard InChI is InChI=1S/C16H26N2O5/c1-22-11-14(19)17-8-9-18(13(10-17)16(21)23-2)15(20)12-6-4-3-5-7-12/h12-13H,3-11H2,1-2H3/t13-/m1/s1. The number of carbonyl (C=O) groups excluding carboxylic acids is 3. The van der Waals surface area contributed by atoms with Crippen LogP contribution in [0.4, 0.5) is 0 Å². The minimum absolute atomic E-state index is 0.00265. The van der Waals surface area contributed by atoms with Crippen molar-refractivity contribution in [2.45, 2.75) is 38.1 Å². The molecule has 7 nitrogen and oxygen atoms in total. The molecule has 1 aliphatic heterocycles. The highest BCUT2D eigenvalue weighted by molar-refractivity contribution is 5.87. The summed E-state index contributed by atoms with van der Waals surface area (Å²) in [6.07, 6.45) is 5.06. The van der Waals surface area contributed by atoms with E-state index in [-0.39, 0.29) is 30.9 Å². The summed E-state index contributed by atoms with van der Waals surface area (Å²) in [6, 6.07) is -0.719. The van der Waals surface area contributed by atoms with E-state index in [4.69, 9.17) is 9.47 Å². The van der Waals surface area contributed by atoms with Crippen molar-refractivity contribution >= 4 is 17.8 Å². The van der Waals surface area contributed by atoms with Crippen LogP contribution in [-0.4, -0.2) is 74.1 Å². The summed E-state index contributed by atoms with van der Waals surface area (Å²) in [4.78, 5) is 40.0. The molecule has 1 aliphatic carbocycles. The Kier molecular flexibility index (Phi) is 6.38. The van der Waals surface area contributed by atoms with E-state index in [1.165, 1.54) is 20.6 Å². The monoisotopic (exact) mass is 326 g/mol. The van der Waals surface area contributed by atoms with Gasteiger partial charge in [0.05, 0.1) is 13.7 Å². The average Bonchev–Trinajstić information content (AvgIpc) is 2.60. The maximum atomic E-state index is 12.8. The van der Waals surface area contributed by atoms with Crippen molar-refractivity contribution in [1.29, 1.82) is 0 Å². The lowest BCUT2D eigenvalue weighted by atomic mass is 9.87. The molecule has 0 radical (unpaired) electrons. The molecule has 2 amide bonds. The molecule has 0 aromatic rings. The molecule has 2 aliphatic rings. The number of esters is 1. The maximum Gasteiger partial charge on any atom is 0.330 e. The third-order valence-corrected chi connectivity index (χ3v) is 4.71. The van der Waals surface area contributed by atoms with Gasteiger partial charge in [-0.05, 0) is 12.8 Å². The van der Waals surface area contributed by atoms with Gasteiger partial charge >= 0.3 is 5.97 Å². The molecule has 0 aromatic heterocycles. The molecule has 0 aromatic carbocycles. The number of amides is 2. The first-order valence-electron chi connectivity index (χ1n) is 8.23. The average molecular weight is 326 g/mol. The molecule has 7 heteroatoms. The Morgan fingerprint density at radius 2 is 1.74 bits per heavy atom. The van der Waals surface area contributed by atoms with Crippen molar-refractivity contribution < 1.29 is 23.9 Å². The van der Waals surface area contributed by atoms with Crippen LogP contribution in [0.2, 0.25) is 0 Å². The Morgan fingerprint density at radius 3 is 2.35 bits per heavy atom. The number of hydrogen-bond donors (Lipinski definition) is 0. The number of carbonyl (C=O) groups is 3. The van der Waals surface area contributed by atoms with E-state index in [0.717, 1.165) is 25.7 Å². The summed E-state index contributed by atoms with van der Waals surface area (Å²) < 4.78 is 9.70. The van der Waals surface area contributed by atoms with E-state index >= 15 is 0 Å². The van der Waals surface area contributed by atoms with Crippen LogP contribution >= 0.6 is 0 Å². The lowest BCUT2D eigenvalue weighted by Crippen LogP contribution is -2.61. The van der Waals surface area contributed by atoms with E-state index in [9.17, 15) is 14.4 Å². The van der Waals surface area contributed by atoms with Gasteiger partial charge in [0.2, 0.25) is 11.8 Å². The number of ether oxygens (including phenoxy) is 2. The topological polar surface area (TPSA) is 76.2 Å². The first-order chi connectivity index (χ1) is 11.1. The van der Waals surface area contributed by atoms with Crippen molar-refractivity contribution in [3.05, 3.63) is 0 Å². The third kappa shape index (κ3) is 4.22. The molecule has 1 heterocycles. The Morgan fingerprint density at radius 1 is 1.04 bits per heavy atom. The van der Waals surface area contributed by atoms with Crippen LogP contribution in [0.3, 0.4) is 0 Å². The first-order valence-corrected chi connectivity index (χ1v) is 8.23. The van der Waals surface area contributed by atoms with E-state index in [1.807, 2.05) is 0 Å². The van der Waals surface area contributed by atoms with E-state index in [1.54, 1.807) is 9.80 Å². The highest BCUT2D eigenvalue weighted by Crippen LogP contribution is 2.27. The third-order valence-electron chi connectivity index (χ3n) is 4.71. The summed E-state index contributed by atoms with van der Waals surface area (Å²) in [5.74, 6) is -0.619.